The molecule has 7 heteroatoms. The molecule has 2 aromatic carbocycles. The first-order valence-corrected chi connectivity index (χ1v) is 9.67. The van der Waals surface area contributed by atoms with Crippen LogP contribution in [0.15, 0.2) is 54.6 Å². The molecule has 0 aliphatic carbocycles. The highest BCUT2D eigenvalue weighted by atomic mass is 32.2. The average molecular weight is 386 g/mol. The van der Waals surface area contributed by atoms with Crippen molar-refractivity contribution in [1.82, 2.24) is 5.32 Å². The molecule has 0 heterocycles. The van der Waals surface area contributed by atoms with Gasteiger partial charge in [-0.15, -0.1) is 11.8 Å². The van der Waals surface area contributed by atoms with E-state index in [1.54, 1.807) is 6.07 Å². The molecule has 142 valence electrons. The third-order valence-corrected chi connectivity index (χ3v) is 4.58. The lowest BCUT2D eigenvalue weighted by Crippen LogP contribution is -2.28. The van der Waals surface area contributed by atoms with E-state index >= 15 is 0 Å². The molecule has 6 nitrogen and oxygen atoms in total. The zero-order valence-electron chi connectivity index (χ0n) is 14.8. The van der Waals surface area contributed by atoms with E-state index < -0.39 is 5.97 Å². The molecular formula is C20H22N2O4S. The fourth-order valence-electron chi connectivity index (χ4n) is 2.38. The van der Waals surface area contributed by atoms with Gasteiger partial charge in [0.15, 0.2) is 0 Å². The van der Waals surface area contributed by atoms with Crippen molar-refractivity contribution in [3.8, 4) is 0 Å². The minimum atomic E-state index is -0.848. The number of amides is 2. The van der Waals surface area contributed by atoms with E-state index in [1.165, 1.54) is 11.8 Å². The second-order valence-corrected chi connectivity index (χ2v) is 6.88. The maximum atomic E-state index is 12.0. The second-order valence-electron chi connectivity index (χ2n) is 5.90. The Morgan fingerprint density at radius 1 is 0.926 bits per heavy atom. The first kappa shape index (κ1) is 20.5. The van der Waals surface area contributed by atoms with Crippen molar-refractivity contribution in [1.29, 1.82) is 0 Å². The maximum absolute atomic E-state index is 12.0. The molecule has 0 aliphatic heterocycles. The van der Waals surface area contributed by atoms with Crippen molar-refractivity contribution in [3.63, 3.8) is 0 Å². The van der Waals surface area contributed by atoms with Crippen molar-refractivity contribution in [2.45, 2.75) is 18.6 Å². The molecular weight excluding hydrogens is 364 g/mol. The van der Waals surface area contributed by atoms with Gasteiger partial charge in [0.25, 0.3) is 0 Å². The van der Waals surface area contributed by atoms with Crippen LogP contribution in [-0.4, -0.2) is 35.2 Å². The highest BCUT2D eigenvalue weighted by Crippen LogP contribution is 2.16. The molecule has 0 radical (unpaired) electrons. The van der Waals surface area contributed by atoms with Crippen molar-refractivity contribution < 1.29 is 19.5 Å². The first-order chi connectivity index (χ1) is 13.0. The summed E-state index contributed by atoms with van der Waals surface area (Å²) in [5, 5.41) is 14.2. The van der Waals surface area contributed by atoms with Gasteiger partial charge in [-0.25, -0.2) is 0 Å². The Morgan fingerprint density at radius 3 is 2.41 bits per heavy atom. The monoisotopic (exact) mass is 386 g/mol. The van der Waals surface area contributed by atoms with Crippen molar-refractivity contribution >= 4 is 35.2 Å². The second kappa shape index (κ2) is 11.0. The van der Waals surface area contributed by atoms with Crippen LogP contribution in [0.4, 0.5) is 5.69 Å². The summed E-state index contributed by atoms with van der Waals surface area (Å²) in [5.41, 5.74) is 2.52. The molecule has 3 N–H and O–H groups in total. The van der Waals surface area contributed by atoms with Crippen LogP contribution in [0.25, 0.3) is 0 Å². The summed E-state index contributed by atoms with van der Waals surface area (Å²) in [5.74, 6) is -0.555. The van der Waals surface area contributed by atoms with Crippen LogP contribution in [0.3, 0.4) is 0 Å². The minimum Gasteiger partial charge on any atom is -0.481 e. The van der Waals surface area contributed by atoms with Gasteiger partial charge < -0.3 is 15.7 Å². The normalized spacial score (nSPS) is 10.2. The molecule has 0 unspecified atom stereocenters. The predicted octanol–water partition coefficient (Wildman–Crippen LogP) is 2.69. The lowest BCUT2D eigenvalue weighted by atomic mass is 10.1. The van der Waals surface area contributed by atoms with E-state index in [-0.39, 0.29) is 30.5 Å². The zero-order valence-corrected chi connectivity index (χ0v) is 15.6. The topological polar surface area (TPSA) is 95.5 Å². The Kier molecular flexibility index (Phi) is 8.38. The van der Waals surface area contributed by atoms with Crippen LogP contribution in [0.1, 0.15) is 17.5 Å². The SMILES string of the molecule is O=C(O)CSCc1cccc(NC(=O)CCNC(=O)Cc2ccccc2)c1. The summed E-state index contributed by atoms with van der Waals surface area (Å²) in [6.07, 6.45) is 0.469. The molecule has 0 aromatic heterocycles. The van der Waals surface area contributed by atoms with E-state index in [0.717, 1.165) is 11.1 Å². The lowest BCUT2D eigenvalue weighted by Gasteiger charge is -2.08. The molecule has 0 saturated carbocycles. The van der Waals surface area contributed by atoms with Gasteiger partial charge in [0, 0.05) is 24.4 Å². The molecule has 0 atom stereocenters. The number of hydrogen-bond donors (Lipinski definition) is 3. The lowest BCUT2D eigenvalue weighted by molar-refractivity contribution is -0.134. The van der Waals surface area contributed by atoms with Crippen LogP contribution in [-0.2, 0) is 26.6 Å². The highest BCUT2D eigenvalue weighted by molar-refractivity contribution is 7.99. The van der Waals surface area contributed by atoms with Crippen LogP contribution in [0.2, 0.25) is 0 Å². The molecule has 0 saturated heterocycles. The number of nitrogens with one attached hydrogen (secondary N) is 2. The quantitative estimate of drug-likeness (QED) is 0.583. The van der Waals surface area contributed by atoms with Gasteiger partial charge in [-0.3, -0.25) is 14.4 Å². The number of aliphatic carboxylic acids is 1. The smallest absolute Gasteiger partial charge is 0.313 e. The number of anilines is 1. The molecule has 27 heavy (non-hydrogen) atoms. The predicted molar refractivity (Wildman–Crippen MR) is 107 cm³/mol. The Bertz CT molecular complexity index is 781. The number of carbonyl (C=O) groups is 3. The van der Waals surface area contributed by atoms with Gasteiger partial charge in [0.2, 0.25) is 11.8 Å². The average Bonchev–Trinajstić information content (AvgIpc) is 2.62. The van der Waals surface area contributed by atoms with E-state index in [9.17, 15) is 14.4 Å². The van der Waals surface area contributed by atoms with E-state index in [0.29, 0.717) is 17.9 Å². The number of carboxylic acid groups (broad SMARTS) is 1. The van der Waals surface area contributed by atoms with Crippen molar-refractivity contribution in [2.24, 2.45) is 0 Å². The Balaban J connectivity index is 1.70. The summed E-state index contributed by atoms with van der Waals surface area (Å²) < 4.78 is 0. The standard InChI is InChI=1S/C20H22N2O4S/c23-18(9-10-21-19(24)12-15-5-2-1-3-6-15)22-17-8-4-7-16(11-17)13-27-14-20(25)26/h1-8,11H,9-10,12-14H2,(H,21,24)(H,22,23)(H,25,26). The van der Waals surface area contributed by atoms with Gasteiger partial charge in [-0.1, -0.05) is 42.5 Å². The van der Waals surface area contributed by atoms with Crippen molar-refractivity contribution in [3.05, 3.63) is 65.7 Å². The number of benzene rings is 2. The molecule has 0 spiro atoms. The Morgan fingerprint density at radius 2 is 1.67 bits per heavy atom. The molecule has 0 aliphatic rings. The molecule has 2 amide bonds. The minimum absolute atomic E-state index is 0.0409. The fraction of sp³-hybridized carbons (Fsp3) is 0.250. The Labute approximate surface area is 162 Å². The molecule has 2 aromatic rings. The first-order valence-electron chi connectivity index (χ1n) is 8.52. The largest absolute Gasteiger partial charge is 0.481 e. The van der Waals surface area contributed by atoms with Crippen LogP contribution >= 0.6 is 11.8 Å². The zero-order chi connectivity index (χ0) is 19.5. The summed E-state index contributed by atoms with van der Waals surface area (Å²) in [4.78, 5) is 34.4. The van der Waals surface area contributed by atoms with E-state index in [1.807, 2.05) is 48.5 Å². The molecule has 0 fully saturated rings. The summed E-state index contributed by atoms with van der Waals surface area (Å²) in [7, 11) is 0. The summed E-state index contributed by atoms with van der Waals surface area (Å²) in [6, 6.07) is 16.7. The van der Waals surface area contributed by atoms with E-state index in [2.05, 4.69) is 10.6 Å². The fourth-order valence-corrected chi connectivity index (χ4v) is 3.07. The third kappa shape index (κ3) is 8.42. The summed E-state index contributed by atoms with van der Waals surface area (Å²) >= 11 is 1.30. The van der Waals surface area contributed by atoms with E-state index in [4.69, 9.17) is 5.11 Å². The number of carbonyl (C=O) groups excluding carboxylic acids is 2. The number of rotatable bonds is 10. The van der Waals surface area contributed by atoms with Gasteiger partial charge in [0.05, 0.1) is 12.2 Å². The number of thioether (sulfide) groups is 1. The van der Waals surface area contributed by atoms with Crippen LogP contribution in [0.5, 0.6) is 0 Å². The van der Waals surface area contributed by atoms with Gasteiger partial charge in [0.1, 0.15) is 0 Å². The number of hydrogen-bond acceptors (Lipinski definition) is 4. The molecule has 0 bridgehead atoms. The highest BCUT2D eigenvalue weighted by Gasteiger charge is 2.06. The molecule has 2 rings (SSSR count). The third-order valence-electron chi connectivity index (χ3n) is 3.59. The van der Waals surface area contributed by atoms with Gasteiger partial charge in [-0.05, 0) is 23.3 Å². The van der Waals surface area contributed by atoms with Gasteiger partial charge >= 0.3 is 5.97 Å². The summed E-state index contributed by atoms with van der Waals surface area (Å²) in [6.45, 7) is 0.269. The van der Waals surface area contributed by atoms with Gasteiger partial charge in [-0.2, -0.15) is 0 Å². The number of carboxylic acids is 1. The van der Waals surface area contributed by atoms with Crippen molar-refractivity contribution in [2.75, 3.05) is 17.6 Å². The maximum Gasteiger partial charge on any atom is 0.313 e. The Hall–Kier alpha value is -2.80. The van der Waals surface area contributed by atoms with Crippen LogP contribution in [0, 0.1) is 0 Å². The van der Waals surface area contributed by atoms with Crippen LogP contribution < -0.4 is 10.6 Å².